The van der Waals surface area contributed by atoms with E-state index in [4.69, 9.17) is 5.73 Å². The van der Waals surface area contributed by atoms with E-state index >= 15 is 0 Å². The van der Waals surface area contributed by atoms with Gasteiger partial charge in [0.1, 0.15) is 0 Å². The zero-order valence-corrected chi connectivity index (χ0v) is 12.0. The van der Waals surface area contributed by atoms with Crippen molar-refractivity contribution in [2.24, 2.45) is 17.1 Å². The Morgan fingerprint density at radius 1 is 1.26 bits per heavy atom. The first-order valence-corrected chi connectivity index (χ1v) is 6.55. The van der Waals surface area contributed by atoms with Gasteiger partial charge in [0.25, 0.3) is 0 Å². The van der Waals surface area contributed by atoms with Crippen LogP contribution in [0.15, 0.2) is 12.2 Å². The molecule has 0 heterocycles. The molecule has 0 saturated heterocycles. The van der Waals surface area contributed by atoms with Crippen molar-refractivity contribution >= 4 is 11.8 Å². The third kappa shape index (κ3) is 7.65. The van der Waals surface area contributed by atoms with E-state index in [1.54, 1.807) is 0 Å². The van der Waals surface area contributed by atoms with Gasteiger partial charge in [-0.1, -0.05) is 40.3 Å². The minimum Gasteiger partial charge on any atom is -0.369 e. The second-order valence-electron chi connectivity index (χ2n) is 5.39. The van der Waals surface area contributed by atoms with Crippen LogP contribution in [0, 0.1) is 11.3 Å². The molecule has 3 N–H and O–H groups in total. The fraction of sp³-hybridized carbons (Fsp3) is 0.733. The van der Waals surface area contributed by atoms with Gasteiger partial charge in [0.05, 0.1) is 5.41 Å². The van der Waals surface area contributed by atoms with E-state index in [0.29, 0.717) is 19.4 Å². The normalized spacial score (nSPS) is 15.2. The lowest BCUT2D eigenvalue weighted by Gasteiger charge is -2.23. The molecule has 0 fully saturated rings. The molecule has 0 aromatic heterocycles. The SMILES string of the molecule is C.CC(C)C.CCNC(=O)CC1(C(N)=O)CC=CC1. The first-order valence-electron chi connectivity index (χ1n) is 6.55. The van der Waals surface area contributed by atoms with Gasteiger partial charge < -0.3 is 11.1 Å². The highest BCUT2D eigenvalue weighted by Crippen LogP contribution is 2.36. The molecule has 2 amide bonds. The fourth-order valence-electron chi connectivity index (χ4n) is 1.70. The van der Waals surface area contributed by atoms with Gasteiger partial charge in [-0.25, -0.2) is 0 Å². The van der Waals surface area contributed by atoms with Gasteiger partial charge in [0, 0.05) is 13.0 Å². The summed E-state index contributed by atoms with van der Waals surface area (Å²) in [7, 11) is 0. The molecule has 0 saturated carbocycles. The van der Waals surface area contributed by atoms with Gasteiger partial charge in [-0.3, -0.25) is 9.59 Å². The van der Waals surface area contributed by atoms with Crippen molar-refractivity contribution in [1.29, 1.82) is 0 Å². The summed E-state index contributed by atoms with van der Waals surface area (Å²) in [6, 6.07) is 0. The zero-order chi connectivity index (χ0) is 14.2. The predicted molar refractivity (Wildman–Crippen MR) is 80.5 cm³/mol. The summed E-state index contributed by atoms with van der Waals surface area (Å²) < 4.78 is 0. The molecule has 0 aromatic rings. The average Bonchev–Trinajstić information content (AvgIpc) is 2.66. The summed E-state index contributed by atoms with van der Waals surface area (Å²) in [5.74, 6) is 0.351. The molecule has 0 unspecified atom stereocenters. The van der Waals surface area contributed by atoms with Crippen molar-refractivity contribution in [3.05, 3.63) is 12.2 Å². The number of amides is 2. The maximum atomic E-state index is 11.4. The Bertz CT molecular complexity index is 299. The molecule has 0 atom stereocenters. The number of carbonyl (C=O) groups is 2. The maximum absolute atomic E-state index is 11.4. The van der Waals surface area contributed by atoms with Gasteiger partial charge in [0.15, 0.2) is 0 Å². The zero-order valence-electron chi connectivity index (χ0n) is 12.0. The van der Waals surface area contributed by atoms with Crippen molar-refractivity contribution in [2.45, 2.75) is 54.4 Å². The Morgan fingerprint density at radius 3 is 2.00 bits per heavy atom. The number of nitrogens with two attached hydrogens (primary N) is 1. The number of rotatable bonds is 4. The van der Waals surface area contributed by atoms with Crippen molar-refractivity contribution in [2.75, 3.05) is 6.54 Å². The summed E-state index contributed by atoms with van der Waals surface area (Å²) in [5, 5.41) is 2.68. The van der Waals surface area contributed by atoms with Crippen molar-refractivity contribution in [3.63, 3.8) is 0 Å². The van der Waals surface area contributed by atoms with Gasteiger partial charge in [-0.2, -0.15) is 0 Å². The van der Waals surface area contributed by atoms with Crippen LogP contribution in [0.4, 0.5) is 0 Å². The molecule has 112 valence electrons. The number of nitrogens with one attached hydrogen (secondary N) is 1. The molecule has 19 heavy (non-hydrogen) atoms. The molecule has 0 radical (unpaired) electrons. The van der Waals surface area contributed by atoms with Gasteiger partial charge in [0.2, 0.25) is 11.8 Å². The summed E-state index contributed by atoms with van der Waals surface area (Å²) in [6.07, 6.45) is 5.18. The second-order valence-corrected chi connectivity index (χ2v) is 5.39. The first kappa shape index (κ1) is 20.0. The summed E-state index contributed by atoms with van der Waals surface area (Å²) in [4.78, 5) is 22.6. The quantitative estimate of drug-likeness (QED) is 0.771. The maximum Gasteiger partial charge on any atom is 0.224 e. The Kier molecular flexibility index (Phi) is 10.1. The predicted octanol–water partition coefficient (Wildman–Crippen LogP) is 2.63. The molecular weight excluding hydrogens is 240 g/mol. The Labute approximate surface area is 117 Å². The highest BCUT2D eigenvalue weighted by Gasteiger charge is 2.38. The highest BCUT2D eigenvalue weighted by molar-refractivity contribution is 5.88. The van der Waals surface area contributed by atoms with Crippen molar-refractivity contribution in [1.82, 2.24) is 5.32 Å². The Morgan fingerprint density at radius 2 is 1.68 bits per heavy atom. The van der Waals surface area contributed by atoms with E-state index in [2.05, 4.69) is 26.1 Å². The molecular formula is C15H30N2O2. The molecule has 4 nitrogen and oxygen atoms in total. The van der Waals surface area contributed by atoms with Gasteiger partial charge in [-0.05, 0) is 25.7 Å². The lowest BCUT2D eigenvalue weighted by atomic mass is 9.81. The smallest absolute Gasteiger partial charge is 0.224 e. The molecule has 0 aliphatic heterocycles. The van der Waals surface area contributed by atoms with Crippen LogP contribution in [0.2, 0.25) is 0 Å². The Hall–Kier alpha value is -1.32. The van der Waals surface area contributed by atoms with Crippen LogP contribution in [0.3, 0.4) is 0 Å². The van der Waals surface area contributed by atoms with Crippen LogP contribution in [-0.2, 0) is 9.59 Å². The van der Waals surface area contributed by atoms with E-state index in [1.165, 1.54) is 0 Å². The number of carbonyl (C=O) groups excluding carboxylic acids is 2. The summed E-state index contributed by atoms with van der Waals surface area (Å²) in [5.41, 5.74) is 4.65. The number of allylic oxidation sites excluding steroid dienone is 2. The summed E-state index contributed by atoms with van der Waals surface area (Å²) >= 11 is 0. The molecule has 0 aromatic carbocycles. The molecule has 4 heteroatoms. The molecule has 0 spiro atoms. The monoisotopic (exact) mass is 270 g/mol. The van der Waals surface area contributed by atoms with Gasteiger partial charge >= 0.3 is 0 Å². The third-order valence-corrected chi connectivity index (χ3v) is 2.58. The van der Waals surface area contributed by atoms with Crippen molar-refractivity contribution in [3.8, 4) is 0 Å². The molecule has 0 bridgehead atoms. The summed E-state index contributed by atoms with van der Waals surface area (Å²) in [6.45, 7) is 8.93. The highest BCUT2D eigenvalue weighted by atomic mass is 16.2. The second kappa shape index (κ2) is 9.59. The van der Waals surface area contributed by atoms with E-state index in [-0.39, 0.29) is 25.7 Å². The average molecular weight is 270 g/mol. The van der Waals surface area contributed by atoms with Crippen molar-refractivity contribution < 1.29 is 9.59 Å². The Balaban J connectivity index is 0. The van der Waals surface area contributed by atoms with Crippen LogP contribution in [-0.4, -0.2) is 18.4 Å². The van der Waals surface area contributed by atoms with E-state index in [9.17, 15) is 9.59 Å². The molecule has 1 rings (SSSR count). The lowest BCUT2D eigenvalue weighted by Crippen LogP contribution is -2.39. The van der Waals surface area contributed by atoms with Crippen LogP contribution >= 0.6 is 0 Å². The van der Waals surface area contributed by atoms with Gasteiger partial charge in [-0.15, -0.1) is 0 Å². The van der Waals surface area contributed by atoms with E-state index in [0.717, 1.165) is 5.92 Å². The third-order valence-electron chi connectivity index (χ3n) is 2.58. The van der Waals surface area contributed by atoms with Crippen LogP contribution in [0.5, 0.6) is 0 Å². The largest absolute Gasteiger partial charge is 0.369 e. The number of primary amides is 1. The minimum absolute atomic E-state index is 0. The molecule has 1 aliphatic rings. The topological polar surface area (TPSA) is 72.2 Å². The van der Waals surface area contributed by atoms with E-state index < -0.39 is 5.41 Å². The fourth-order valence-corrected chi connectivity index (χ4v) is 1.70. The standard InChI is InChI=1S/C10H16N2O2.C4H10.CH4/c1-2-12-8(13)7-10(9(11)14)5-3-4-6-10;1-4(2)3;/h3-4H,2,5-7H2,1H3,(H2,11,14)(H,12,13);4H,1-3H3;1H4. The number of hydrogen-bond donors (Lipinski definition) is 2. The van der Waals surface area contributed by atoms with Crippen LogP contribution in [0.1, 0.15) is 54.4 Å². The van der Waals surface area contributed by atoms with Crippen LogP contribution in [0.25, 0.3) is 0 Å². The minimum atomic E-state index is -0.667. The van der Waals surface area contributed by atoms with Crippen LogP contribution < -0.4 is 11.1 Å². The lowest BCUT2D eigenvalue weighted by molar-refractivity contribution is -0.133. The molecule has 1 aliphatic carbocycles. The first-order chi connectivity index (χ1) is 8.34. The number of hydrogen-bond acceptors (Lipinski definition) is 2. The van der Waals surface area contributed by atoms with E-state index in [1.807, 2.05) is 19.1 Å².